The lowest BCUT2D eigenvalue weighted by atomic mass is 9.96. The molecule has 2 aromatic carbocycles. The number of aliphatic hydroxyl groups is 1. The number of halogens is 3. The van der Waals surface area contributed by atoms with Crippen molar-refractivity contribution in [1.82, 2.24) is 15.3 Å². The van der Waals surface area contributed by atoms with Gasteiger partial charge in [-0.05, 0) is 66.5 Å². The van der Waals surface area contributed by atoms with Gasteiger partial charge in [0.25, 0.3) is 11.8 Å². The molecule has 0 bridgehead atoms. The number of carbonyl (C=O) groups excluding carboxylic acids is 2. The summed E-state index contributed by atoms with van der Waals surface area (Å²) in [5, 5.41) is 17.1. The summed E-state index contributed by atoms with van der Waals surface area (Å²) >= 11 is 3.01. The average Bonchev–Trinajstić information content (AvgIpc) is 3.09. The molecule has 2 heterocycles. The normalized spacial score (nSPS) is 28.3. The SMILES string of the molecule is C=C1NC(=O)C(Br)=CN1[C@@H]1O[C@](F)(COP(=O)(NC(C)C(=O)OC(C)C)Oc2ccc3ccccc3c2)[C@@H](O)[C@@]1(C)F. The highest BCUT2D eigenvalue weighted by atomic mass is 79.9. The zero-order valence-electron chi connectivity index (χ0n) is 23.2. The molecule has 1 fully saturated rings. The number of ether oxygens (including phenoxy) is 2. The second kappa shape index (κ2) is 12.0. The summed E-state index contributed by atoms with van der Waals surface area (Å²) in [6, 6.07) is 10.8. The Morgan fingerprint density at radius 2 is 1.93 bits per heavy atom. The molecule has 3 N–H and O–H groups in total. The Balaban J connectivity index is 1.60. The van der Waals surface area contributed by atoms with Crippen molar-refractivity contribution in [3.63, 3.8) is 0 Å². The minimum atomic E-state index is -4.63. The molecule has 0 spiro atoms. The maximum Gasteiger partial charge on any atom is 0.459 e. The van der Waals surface area contributed by atoms with Gasteiger partial charge in [0, 0.05) is 6.20 Å². The van der Waals surface area contributed by atoms with E-state index in [0.717, 1.165) is 28.8 Å². The third-order valence-electron chi connectivity index (χ3n) is 6.46. The molecule has 0 radical (unpaired) electrons. The second-order valence-corrected chi connectivity index (χ2v) is 12.9. The molecule has 4 rings (SSSR count). The quantitative estimate of drug-likeness (QED) is 0.244. The Labute approximate surface area is 249 Å². The number of alkyl halides is 2. The first kappa shape index (κ1) is 32.1. The van der Waals surface area contributed by atoms with E-state index in [9.17, 15) is 19.3 Å². The van der Waals surface area contributed by atoms with Crippen LogP contribution in [0.25, 0.3) is 10.8 Å². The van der Waals surface area contributed by atoms with Gasteiger partial charge in [-0.1, -0.05) is 36.9 Å². The summed E-state index contributed by atoms with van der Waals surface area (Å²) in [5.41, 5.74) is -2.78. The van der Waals surface area contributed by atoms with Crippen molar-refractivity contribution in [1.29, 1.82) is 0 Å². The third kappa shape index (κ3) is 6.69. The predicted molar refractivity (Wildman–Crippen MR) is 152 cm³/mol. The van der Waals surface area contributed by atoms with Crippen molar-refractivity contribution < 1.29 is 46.6 Å². The van der Waals surface area contributed by atoms with E-state index in [1.54, 1.807) is 38.1 Å². The minimum absolute atomic E-state index is 0.0313. The molecule has 2 aromatic rings. The molecule has 15 heteroatoms. The van der Waals surface area contributed by atoms with Crippen molar-refractivity contribution in [3.05, 3.63) is 65.5 Å². The lowest BCUT2D eigenvalue weighted by Gasteiger charge is -2.36. The number of carbonyl (C=O) groups is 2. The summed E-state index contributed by atoms with van der Waals surface area (Å²) < 4.78 is 67.3. The van der Waals surface area contributed by atoms with E-state index >= 15 is 8.78 Å². The molecule has 228 valence electrons. The highest BCUT2D eigenvalue weighted by molar-refractivity contribution is 9.12. The van der Waals surface area contributed by atoms with Gasteiger partial charge in [-0.2, -0.15) is 5.09 Å². The van der Waals surface area contributed by atoms with Gasteiger partial charge in [0.05, 0.1) is 10.6 Å². The van der Waals surface area contributed by atoms with Crippen molar-refractivity contribution in [2.24, 2.45) is 0 Å². The molecule has 0 saturated carbocycles. The Hall–Kier alpha value is -2.87. The van der Waals surface area contributed by atoms with E-state index in [4.69, 9.17) is 18.5 Å². The number of rotatable bonds is 10. The molecular formula is C27H31BrF2N3O8P. The summed E-state index contributed by atoms with van der Waals surface area (Å²) in [7, 11) is -4.63. The van der Waals surface area contributed by atoms with Crippen LogP contribution in [-0.4, -0.2) is 64.5 Å². The summed E-state index contributed by atoms with van der Waals surface area (Å²) in [4.78, 5) is 25.3. The van der Waals surface area contributed by atoms with Gasteiger partial charge < -0.3 is 29.3 Å². The maximum absolute atomic E-state index is 16.1. The van der Waals surface area contributed by atoms with Gasteiger partial charge in [-0.25, -0.2) is 13.3 Å². The Morgan fingerprint density at radius 3 is 2.60 bits per heavy atom. The number of esters is 1. The molecular weight excluding hydrogens is 643 g/mol. The fraction of sp³-hybridized carbons (Fsp3) is 0.407. The smallest absolute Gasteiger partial charge is 0.459 e. The number of amides is 1. The number of fused-ring (bicyclic) bond motifs is 1. The third-order valence-corrected chi connectivity index (χ3v) is 8.65. The molecule has 11 nitrogen and oxygen atoms in total. The number of aliphatic hydroxyl groups excluding tert-OH is 1. The van der Waals surface area contributed by atoms with Crippen molar-refractivity contribution in [2.45, 2.75) is 63.7 Å². The summed E-state index contributed by atoms with van der Waals surface area (Å²) in [6.07, 6.45) is -3.64. The number of hydrogen-bond donors (Lipinski definition) is 3. The van der Waals surface area contributed by atoms with Crippen molar-refractivity contribution >= 4 is 46.3 Å². The fourth-order valence-corrected chi connectivity index (χ4v) is 6.15. The highest BCUT2D eigenvalue weighted by Crippen LogP contribution is 2.50. The molecule has 2 aliphatic heterocycles. The van der Waals surface area contributed by atoms with E-state index in [-0.39, 0.29) is 16.1 Å². The van der Waals surface area contributed by atoms with Crippen LogP contribution < -0.4 is 14.9 Å². The number of benzene rings is 2. The topological polar surface area (TPSA) is 136 Å². The van der Waals surface area contributed by atoms with Gasteiger partial charge in [0.1, 0.15) is 24.2 Å². The number of hydrogen-bond acceptors (Lipinski definition) is 9. The van der Waals surface area contributed by atoms with Crippen LogP contribution in [0.4, 0.5) is 8.78 Å². The molecule has 42 heavy (non-hydrogen) atoms. The van der Waals surface area contributed by atoms with Crippen LogP contribution in [0.15, 0.2) is 65.5 Å². The van der Waals surface area contributed by atoms with E-state index in [1.807, 2.05) is 12.1 Å². The van der Waals surface area contributed by atoms with Crippen LogP contribution in [-0.2, 0) is 28.2 Å². The number of nitrogens with zero attached hydrogens (tertiary/aromatic N) is 1. The fourth-order valence-electron chi connectivity index (χ4n) is 4.34. The van der Waals surface area contributed by atoms with Crippen LogP contribution in [0, 0.1) is 0 Å². The minimum Gasteiger partial charge on any atom is -0.462 e. The van der Waals surface area contributed by atoms with Crippen LogP contribution >= 0.6 is 23.7 Å². The predicted octanol–water partition coefficient (Wildman–Crippen LogP) is 4.52. The zero-order valence-corrected chi connectivity index (χ0v) is 25.7. The van der Waals surface area contributed by atoms with Crippen LogP contribution in [0.1, 0.15) is 27.7 Å². The van der Waals surface area contributed by atoms with Gasteiger partial charge in [0.2, 0.25) is 0 Å². The van der Waals surface area contributed by atoms with Gasteiger partial charge in [-0.15, -0.1) is 0 Å². The highest BCUT2D eigenvalue weighted by Gasteiger charge is 2.66. The molecule has 2 unspecified atom stereocenters. The Kier molecular flexibility index (Phi) is 9.17. The molecule has 1 saturated heterocycles. The standard InChI is InChI=1S/C27H31BrF2N3O8P/c1-15(2)39-23(35)16(3)32-42(37,41-20-11-10-18-8-6-7-9-19(18)12-20)38-14-27(30)24(36)26(5,29)25(40-27)33-13-21(28)22(34)31-17(33)4/h6-13,15-16,24-25,36H,4,14H2,1-3,5H3,(H,31,34)(H,32,37)/t16?,24-,25+,26+,27+,42?/m0/s1. The first-order valence-corrected chi connectivity index (χ1v) is 15.2. The van der Waals surface area contributed by atoms with Crippen LogP contribution in [0.5, 0.6) is 5.75 Å². The van der Waals surface area contributed by atoms with Crippen molar-refractivity contribution in [3.8, 4) is 5.75 Å². The second-order valence-electron chi connectivity index (χ2n) is 10.3. The first-order chi connectivity index (χ1) is 19.5. The Bertz CT molecular complexity index is 1470. The van der Waals surface area contributed by atoms with Gasteiger partial charge in [0.15, 0.2) is 18.0 Å². The molecule has 0 aromatic heterocycles. The maximum atomic E-state index is 16.1. The van der Waals surface area contributed by atoms with E-state index in [2.05, 4.69) is 32.9 Å². The monoisotopic (exact) mass is 673 g/mol. The van der Waals surface area contributed by atoms with Crippen LogP contribution in [0.3, 0.4) is 0 Å². The lowest BCUT2D eigenvalue weighted by molar-refractivity contribution is -0.206. The van der Waals surface area contributed by atoms with E-state index < -0.39 is 62.2 Å². The van der Waals surface area contributed by atoms with Gasteiger partial charge in [-0.3, -0.25) is 14.1 Å². The summed E-state index contributed by atoms with van der Waals surface area (Å²) in [5.74, 6) is -4.71. The lowest BCUT2D eigenvalue weighted by Crippen LogP contribution is -2.52. The molecule has 0 aliphatic carbocycles. The molecule has 2 aliphatic rings. The largest absolute Gasteiger partial charge is 0.462 e. The molecule has 1 amide bonds. The molecule has 6 atom stereocenters. The van der Waals surface area contributed by atoms with Crippen LogP contribution in [0.2, 0.25) is 0 Å². The van der Waals surface area contributed by atoms with Crippen molar-refractivity contribution in [2.75, 3.05) is 6.61 Å². The van der Waals surface area contributed by atoms with E-state index in [1.165, 1.54) is 13.0 Å². The summed E-state index contributed by atoms with van der Waals surface area (Å²) in [6.45, 7) is 7.81. The zero-order chi connectivity index (χ0) is 31.0. The van der Waals surface area contributed by atoms with E-state index in [0.29, 0.717) is 0 Å². The number of nitrogens with one attached hydrogen (secondary N) is 2. The van der Waals surface area contributed by atoms with Gasteiger partial charge >= 0.3 is 13.7 Å². The Morgan fingerprint density at radius 1 is 1.26 bits per heavy atom. The average molecular weight is 674 g/mol. The first-order valence-electron chi connectivity index (χ1n) is 12.9.